The van der Waals surface area contributed by atoms with Crippen LogP contribution in [0.3, 0.4) is 0 Å². The monoisotopic (exact) mass is 426 g/mol. The van der Waals surface area contributed by atoms with Gasteiger partial charge in [0.25, 0.3) is 0 Å². The third-order valence-electron chi connectivity index (χ3n) is 6.53. The minimum absolute atomic E-state index is 0.0367. The van der Waals surface area contributed by atoms with Crippen LogP contribution in [0.25, 0.3) is 0 Å². The van der Waals surface area contributed by atoms with Crippen LogP contribution < -0.4 is 5.32 Å². The summed E-state index contributed by atoms with van der Waals surface area (Å²) in [4.78, 5) is 15.8. The molecule has 0 saturated carbocycles. The van der Waals surface area contributed by atoms with Gasteiger partial charge in [0, 0.05) is 17.5 Å². The number of hydrogen-bond acceptors (Lipinski definition) is 3. The minimum atomic E-state index is -0.936. The van der Waals surface area contributed by atoms with Gasteiger partial charge < -0.3 is 10.4 Å². The van der Waals surface area contributed by atoms with E-state index in [0.29, 0.717) is 0 Å². The fraction of sp³-hybridized carbons (Fsp3) is 0.286. The second-order valence-corrected chi connectivity index (χ2v) is 9.82. The van der Waals surface area contributed by atoms with Crippen molar-refractivity contribution in [3.63, 3.8) is 0 Å². The largest absolute Gasteiger partial charge is 0.478 e. The number of carboxylic acid groups (broad SMARTS) is 1. The highest BCUT2D eigenvalue weighted by atomic mass is 16.4. The van der Waals surface area contributed by atoms with Crippen molar-refractivity contribution in [2.75, 3.05) is 5.32 Å². The average Bonchev–Trinajstić information content (AvgIpc) is 2.77. The molecule has 2 N–H and O–H groups in total. The second-order valence-electron chi connectivity index (χ2n) is 9.82. The van der Waals surface area contributed by atoms with Gasteiger partial charge in [0.2, 0.25) is 0 Å². The van der Waals surface area contributed by atoms with E-state index >= 15 is 0 Å². The Balaban J connectivity index is 1.82. The van der Waals surface area contributed by atoms with Gasteiger partial charge in [0.15, 0.2) is 0 Å². The van der Waals surface area contributed by atoms with Gasteiger partial charge >= 0.3 is 5.97 Å². The zero-order chi connectivity index (χ0) is 22.9. The lowest BCUT2D eigenvalue weighted by Crippen LogP contribution is -2.34. The Hall–Kier alpha value is -3.40. The molecule has 0 saturated heterocycles. The van der Waals surface area contributed by atoms with E-state index in [1.54, 1.807) is 24.3 Å². The van der Waals surface area contributed by atoms with Gasteiger partial charge in [-0.2, -0.15) is 0 Å². The van der Waals surface area contributed by atoms with Crippen LogP contribution in [0.15, 0.2) is 71.7 Å². The summed E-state index contributed by atoms with van der Waals surface area (Å²) in [5.41, 5.74) is 7.01. The highest BCUT2D eigenvalue weighted by Crippen LogP contribution is 2.49. The first-order valence-corrected chi connectivity index (χ1v) is 11.0. The number of carbonyl (C=O) groups is 1. The van der Waals surface area contributed by atoms with Crippen molar-refractivity contribution >= 4 is 29.2 Å². The Morgan fingerprint density at radius 1 is 0.906 bits per heavy atom. The van der Waals surface area contributed by atoms with Gasteiger partial charge in [0.05, 0.1) is 16.9 Å². The Morgan fingerprint density at radius 3 is 2.22 bits per heavy atom. The van der Waals surface area contributed by atoms with Gasteiger partial charge in [-0.05, 0) is 71.2 Å². The number of nitrogens with zero attached hydrogens (tertiary/aromatic N) is 1. The molecule has 0 heterocycles. The summed E-state index contributed by atoms with van der Waals surface area (Å²) < 4.78 is 0. The first-order valence-electron chi connectivity index (χ1n) is 11.0. The Bertz CT molecular complexity index is 1160. The first kappa shape index (κ1) is 21.8. The zero-order valence-electron chi connectivity index (χ0n) is 19.1. The summed E-state index contributed by atoms with van der Waals surface area (Å²) in [6.07, 6.45) is 4.15. The molecule has 1 aliphatic carbocycles. The van der Waals surface area contributed by atoms with Crippen LogP contribution in [0.1, 0.15) is 67.6 Å². The quantitative estimate of drug-likeness (QED) is 0.423. The topological polar surface area (TPSA) is 61.7 Å². The third kappa shape index (κ3) is 4.31. The van der Waals surface area contributed by atoms with Gasteiger partial charge in [-0.1, -0.05) is 58.0 Å². The molecule has 0 spiro atoms. The molecule has 0 radical (unpaired) electrons. The summed E-state index contributed by atoms with van der Waals surface area (Å²) >= 11 is 0. The molecule has 1 aliphatic rings. The van der Waals surface area contributed by atoms with Gasteiger partial charge in [-0.15, -0.1) is 0 Å². The predicted octanol–water partition coefficient (Wildman–Crippen LogP) is 7.23. The lowest BCUT2D eigenvalue weighted by molar-refractivity contribution is 0.0697. The van der Waals surface area contributed by atoms with Gasteiger partial charge in [0.1, 0.15) is 0 Å². The number of benzene rings is 3. The molecule has 0 aromatic heterocycles. The van der Waals surface area contributed by atoms with Crippen LogP contribution >= 0.6 is 0 Å². The second kappa shape index (κ2) is 8.27. The number of aromatic carboxylic acids is 1. The average molecular weight is 427 g/mol. The lowest BCUT2D eigenvalue weighted by Gasteiger charge is -2.43. The Morgan fingerprint density at radius 2 is 1.56 bits per heavy atom. The number of rotatable bonds is 5. The molecular formula is C28H30N2O2. The van der Waals surface area contributed by atoms with Gasteiger partial charge in [-0.3, -0.25) is 4.99 Å². The summed E-state index contributed by atoms with van der Waals surface area (Å²) in [7, 11) is 0. The molecule has 4 heteroatoms. The van der Waals surface area contributed by atoms with Crippen LogP contribution in [0, 0.1) is 0 Å². The van der Waals surface area contributed by atoms with Crippen LogP contribution in [-0.2, 0) is 10.8 Å². The molecule has 0 unspecified atom stereocenters. The lowest BCUT2D eigenvalue weighted by atomic mass is 9.62. The van der Waals surface area contributed by atoms with E-state index < -0.39 is 5.97 Å². The van der Waals surface area contributed by atoms with Crippen molar-refractivity contribution < 1.29 is 9.90 Å². The van der Waals surface area contributed by atoms with E-state index in [9.17, 15) is 4.79 Å². The van der Waals surface area contributed by atoms with Crippen molar-refractivity contribution in [3.05, 3.63) is 89.0 Å². The number of carboxylic acids is 1. The Labute approximate surface area is 190 Å². The van der Waals surface area contributed by atoms with Crippen LogP contribution in [-0.4, -0.2) is 17.3 Å². The molecular weight excluding hydrogens is 396 g/mol. The van der Waals surface area contributed by atoms with Gasteiger partial charge in [-0.25, -0.2) is 4.79 Å². The molecule has 4 nitrogen and oxygen atoms in total. The number of nitrogens with one attached hydrogen (secondary N) is 1. The molecule has 32 heavy (non-hydrogen) atoms. The number of anilines is 2. The maximum absolute atomic E-state index is 11.1. The number of hydrogen-bond donors (Lipinski definition) is 2. The molecule has 3 aromatic rings. The molecule has 0 bridgehead atoms. The van der Waals surface area contributed by atoms with Crippen LogP contribution in [0.4, 0.5) is 17.1 Å². The minimum Gasteiger partial charge on any atom is -0.478 e. The molecule has 0 aliphatic heterocycles. The molecule has 0 fully saturated rings. The standard InChI is InChI=1S/C28H30N2O2/c1-27(2)16-17-28(3,4)24-23(27)15-12-20(25(24)30-22-8-6-5-7-9-22)18-29-21-13-10-19(11-14-21)26(31)32/h5-15,18,30H,16-17H2,1-4H3,(H,31,32). The first-order chi connectivity index (χ1) is 15.2. The number of aliphatic imine (C=N–C) groups is 1. The van der Waals surface area contributed by atoms with Crippen molar-refractivity contribution in [2.45, 2.75) is 51.4 Å². The number of para-hydroxylation sites is 1. The van der Waals surface area contributed by atoms with Crippen molar-refractivity contribution in [1.29, 1.82) is 0 Å². The zero-order valence-corrected chi connectivity index (χ0v) is 19.1. The smallest absolute Gasteiger partial charge is 0.335 e. The SMILES string of the molecule is CC1(C)CCC(C)(C)c2c1ccc(C=Nc1ccc(C(=O)O)cc1)c2Nc1ccccc1. The Kier molecular flexibility index (Phi) is 5.64. The molecule has 4 rings (SSSR count). The highest BCUT2D eigenvalue weighted by molar-refractivity contribution is 5.93. The maximum atomic E-state index is 11.1. The van der Waals surface area contributed by atoms with E-state index in [0.717, 1.165) is 35.5 Å². The molecule has 3 aromatic carbocycles. The summed E-state index contributed by atoms with van der Waals surface area (Å²) in [5.74, 6) is -0.936. The number of fused-ring (bicyclic) bond motifs is 1. The predicted molar refractivity (Wildman–Crippen MR) is 132 cm³/mol. The third-order valence-corrected chi connectivity index (χ3v) is 6.53. The van der Waals surface area contributed by atoms with Crippen molar-refractivity contribution in [2.24, 2.45) is 4.99 Å². The normalized spacial score (nSPS) is 16.5. The van der Waals surface area contributed by atoms with Crippen molar-refractivity contribution in [1.82, 2.24) is 0 Å². The summed E-state index contributed by atoms with van der Waals surface area (Å²) in [5, 5.41) is 12.8. The molecule has 0 amide bonds. The summed E-state index contributed by atoms with van der Waals surface area (Å²) in [6, 6.07) is 21.2. The van der Waals surface area contributed by atoms with E-state index in [4.69, 9.17) is 5.11 Å². The molecule has 164 valence electrons. The van der Waals surface area contributed by atoms with E-state index in [1.165, 1.54) is 11.1 Å². The molecule has 0 atom stereocenters. The fourth-order valence-corrected chi connectivity index (χ4v) is 4.51. The van der Waals surface area contributed by atoms with Crippen molar-refractivity contribution in [3.8, 4) is 0 Å². The maximum Gasteiger partial charge on any atom is 0.335 e. The van der Waals surface area contributed by atoms with E-state index in [1.807, 2.05) is 24.4 Å². The highest BCUT2D eigenvalue weighted by Gasteiger charge is 2.39. The summed E-state index contributed by atoms with van der Waals surface area (Å²) in [6.45, 7) is 9.29. The van der Waals surface area contributed by atoms with Crippen LogP contribution in [0.2, 0.25) is 0 Å². The van der Waals surface area contributed by atoms with E-state index in [-0.39, 0.29) is 16.4 Å². The fourth-order valence-electron chi connectivity index (χ4n) is 4.51. The van der Waals surface area contributed by atoms with E-state index in [2.05, 4.69) is 62.3 Å². The van der Waals surface area contributed by atoms with Crippen LogP contribution in [0.5, 0.6) is 0 Å².